The zero-order valence-corrected chi connectivity index (χ0v) is 9.94. The fraction of sp³-hybridized carbons (Fsp3) is 0. The molecule has 0 atom stereocenters. The topological polar surface area (TPSA) is 94.3 Å². The molecule has 2 amide bonds. The molecule has 0 saturated heterocycles. The van der Waals surface area contributed by atoms with Crippen LogP contribution in [0.15, 0.2) is 35.7 Å². The van der Waals surface area contributed by atoms with Gasteiger partial charge in [-0.25, -0.2) is 9.78 Å². The Morgan fingerprint density at radius 1 is 1.28 bits per heavy atom. The van der Waals surface area contributed by atoms with Crippen LogP contribution in [-0.4, -0.2) is 17.0 Å². The first kappa shape index (κ1) is 12.1. The van der Waals surface area contributed by atoms with Crippen LogP contribution in [0.2, 0.25) is 0 Å². The molecule has 2 aromatic rings. The number of primary amides is 1. The number of carbonyl (C=O) groups excluding carboxylic acids is 2. The van der Waals surface area contributed by atoms with Crippen LogP contribution in [0.4, 0.5) is 9.93 Å². The van der Waals surface area contributed by atoms with E-state index in [1.807, 2.05) is 6.07 Å². The minimum Gasteiger partial charge on any atom is -0.410 e. The minimum absolute atomic E-state index is 0.106. The monoisotopic (exact) mass is 263 g/mol. The summed E-state index contributed by atoms with van der Waals surface area (Å²) in [6.07, 6.45) is -0.674. The Balaban J connectivity index is 1.97. The Morgan fingerprint density at radius 3 is 2.61 bits per heavy atom. The molecule has 0 aliphatic rings. The predicted octanol–water partition coefficient (Wildman–Crippen LogP) is 1.85. The van der Waals surface area contributed by atoms with E-state index in [-0.39, 0.29) is 10.8 Å². The number of nitrogens with one attached hydrogen (secondary N) is 1. The summed E-state index contributed by atoms with van der Waals surface area (Å²) in [4.78, 5) is 26.1. The third-order valence-corrected chi connectivity index (χ3v) is 2.68. The first-order valence-electron chi connectivity index (χ1n) is 4.94. The summed E-state index contributed by atoms with van der Waals surface area (Å²) in [6.45, 7) is 0. The van der Waals surface area contributed by atoms with Gasteiger partial charge in [0.15, 0.2) is 5.13 Å². The predicted molar refractivity (Wildman–Crippen MR) is 66.7 cm³/mol. The highest BCUT2D eigenvalue weighted by Crippen LogP contribution is 2.16. The molecule has 1 heterocycles. The van der Waals surface area contributed by atoms with Gasteiger partial charge in [-0.1, -0.05) is 18.2 Å². The lowest BCUT2D eigenvalue weighted by atomic mass is 10.3. The molecule has 0 unspecified atom stereocenters. The van der Waals surface area contributed by atoms with E-state index in [1.165, 1.54) is 5.38 Å². The van der Waals surface area contributed by atoms with Crippen molar-refractivity contribution in [1.82, 2.24) is 4.98 Å². The van der Waals surface area contributed by atoms with E-state index in [2.05, 4.69) is 10.3 Å². The molecule has 0 bridgehead atoms. The van der Waals surface area contributed by atoms with Crippen LogP contribution in [0.3, 0.4) is 0 Å². The van der Waals surface area contributed by atoms with E-state index in [0.29, 0.717) is 5.75 Å². The average molecular weight is 263 g/mol. The van der Waals surface area contributed by atoms with Gasteiger partial charge in [-0.15, -0.1) is 11.3 Å². The Bertz CT molecular complexity index is 568. The number of ether oxygens (including phenoxy) is 1. The van der Waals surface area contributed by atoms with Gasteiger partial charge in [0.05, 0.1) is 0 Å². The van der Waals surface area contributed by atoms with Crippen LogP contribution in [-0.2, 0) is 0 Å². The summed E-state index contributed by atoms with van der Waals surface area (Å²) in [7, 11) is 0. The van der Waals surface area contributed by atoms with Crippen LogP contribution in [0.5, 0.6) is 5.75 Å². The molecule has 0 spiro atoms. The van der Waals surface area contributed by atoms with E-state index >= 15 is 0 Å². The highest BCUT2D eigenvalue weighted by Gasteiger charge is 2.10. The molecule has 2 rings (SSSR count). The summed E-state index contributed by atoms with van der Waals surface area (Å²) in [5.41, 5.74) is 5.15. The van der Waals surface area contributed by atoms with Crippen molar-refractivity contribution >= 4 is 28.5 Å². The Hall–Kier alpha value is -2.41. The maximum Gasteiger partial charge on any atom is 0.418 e. The van der Waals surface area contributed by atoms with Gasteiger partial charge in [0.25, 0.3) is 5.91 Å². The second-order valence-corrected chi connectivity index (χ2v) is 4.09. The number of carbonyl (C=O) groups is 2. The third-order valence-electron chi connectivity index (χ3n) is 1.92. The summed E-state index contributed by atoms with van der Waals surface area (Å²) in [5.74, 6) is -0.225. The number of benzene rings is 1. The largest absolute Gasteiger partial charge is 0.418 e. The van der Waals surface area contributed by atoms with E-state index in [1.54, 1.807) is 24.3 Å². The molecular weight excluding hydrogens is 254 g/mol. The fourth-order valence-electron chi connectivity index (χ4n) is 1.15. The van der Waals surface area contributed by atoms with Gasteiger partial charge in [-0.3, -0.25) is 10.1 Å². The van der Waals surface area contributed by atoms with E-state index in [9.17, 15) is 9.59 Å². The Morgan fingerprint density at radius 2 is 2.00 bits per heavy atom. The van der Waals surface area contributed by atoms with Gasteiger partial charge in [0.2, 0.25) is 0 Å². The maximum absolute atomic E-state index is 11.5. The number of hydrogen-bond acceptors (Lipinski definition) is 5. The second-order valence-electron chi connectivity index (χ2n) is 3.23. The van der Waals surface area contributed by atoms with E-state index < -0.39 is 12.0 Å². The average Bonchev–Trinajstić information content (AvgIpc) is 2.78. The number of aromatic nitrogens is 1. The van der Waals surface area contributed by atoms with Crippen molar-refractivity contribution < 1.29 is 14.3 Å². The minimum atomic E-state index is -0.674. The lowest BCUT2D eigenvalue weighted by molar-refractivity contribution is 0.0996. The highest BCUT2D eigenvalue weighted by molar-refractivity contribution is 7.14. The molecule has 0 saturated carbocycles. The number of hydrogen-bond donors (Lipinski definition) is 2. The molecular formula is C11H9N3O3S. The van der Waals surface area contributed by atoms with E-state index in [0.717, 1.165) is 11.3 Å². The van der Waals surface area contributed by atoms with Crippen molar-refractivity contribution in [2.24, 2.45) is 5.73 Å². The first-order chi connectivity index (χ1) is 8.65. The van der Waals surface area contributed by atoms with Crippen molar-refractivity contribution in [3.63, 3.8) is 0 Å². The van der Waals surface area contributed by atoms with Crippen molar-refractivity contribution in [3.8, 4) is 5.75 Å². The number of nitrogens with two attached hydrogens (primary N) is 1. The van der Waals surface area contributed by atoms with Gasteiger partial charge in [0.1, 0.15) is 11.4 Å². The van der Waals surface area contributed by atoms with Crippen LogP contribution >= 0.6 is 11.3 Å². The third kappa shape index (κ3) is 3.05. The summed E-state index contributed by atoms with van der Waals surface area (Å²) in [5, 5.41) is 4.12. The molecule has 0 radical (unpaired) electrons. The Kier molecular flexibility index (Phi) is 3.54. The van der Waals surface area contributed by atoms with Crippen LogP contribution in [0.1, 0.15) is 10.5 Å². The van der Waals surface area contributed by atoms with Gasteiger partial charge in [0, 0.05) is 5.38 Å². The van der Waals surface area contributed by atoms with Gasteiger partial charge in [-0.05, 0) is 12.1 Å². The lowest BCUT2D eigenvalue weighted by Crippen LogP contribution is -2.17. The van der Waals surface area contributed by atoms with Gasteiger partial charge in [-0.2, -0.15) is 0 Å². The molecule has 3 N–H and O–H groups in total. The van der Waals surface area contributed by atoms with Crippen LogP contribution in [0.25, 0.3) is 0 Å². The molecule has 1 aromatic heterocycles. The van der Waals surface area contributed by atoms with Crippen LogP contribution in [0, 0.1) is 0 Å². The number of anilines is 1. The van der Waals surface area contributed by atoms with Gasteiger partial charge >= 0.3 is 6.09 Å². The SMILES string of the molecule is NC(=O)c1csc(NC(=O)Oc2ccccc2)n1. The zero-order chi connectivity index (χ0) is 13.0. The van der Waals surface area contributed by atoms with Gasteiger partial charge < -0.3 is 10.5 Å². The molecule has 0 aliphatic heterocycles. The molecule has 0 fully saturated rings. The summed E-state index contributed by atoms with van der Waals surface area (Å²) in [6, 6.07) is 8.60. The molecule has 7 heteroatoms. The lowest BCUT2D eigenvalue weighted by Gasteiger charge is -2.03. The summed E-state index contributed by atoms with van der Waals surface area (Å²) < 4.78 is 4.99. The second kappa shape index (κ2) is 5.28. The quantitative estimate of drug-likeness (QED) is 0.883. The van der Waals surface area contributed by atoms with Crippen molar-refractivity contribution in [1.29, 1.82) is 0 Å². The number of nitrogens with zero attached hydrogens (tertiary/aromatic N) is 1. The number of para-hydroxylation sites is 1. The van der Waals surface area contributed by atoms with Crippen molar-refractivity contribution in [2.75, 3.05) is 5.32 Å². The Labute approximate surface area is 106 Å². The van der Waals surface area contributed by atoms with Crippen LogP contribution < -0.4 is 15.8 Å². The van der Waals surface area contributed by atoms with E-state index in [4.69, 9.17) is 10.5 Å². The summed E-state index contributed by atoms with van der Waals surface area (Å²) >= 11 is 1.09. The molecule has 6 nitrogen and oxygen atoms in total. The molecule has 0 aliphatic carbocycles. The van der Waals surface area contributed by atoms with Crippen molar-refractivity contribution in [3.05, 3.63) is 41.4 Å². The smallest absolute Gasteiger partial charge is 0.410 e. The highest BCUT2D eigenvalue weighted by atomic mass is 32.1. The number of thiazole rings is 1. The molecule has 1 aromatic carbocycles. The standard InChI is InChI=1S/C11H9N3O3S/c12-9(15)8-6-18-10(13-8)14-11(16)17-7-4-2-1-3-5-7/h1-6H,(H2,12,15)(H,13,14,16). The van der Waals surface area contributed by atoms with Crippen molar-refractivity contribution in [2.45, 2.75) is 0 Å². The zero-order valence-electron chi connectivity index (χ0n) is 9.12. The normalized spacial score (nSPS) is 9.78. The molecule has 92 valence electrons. The maximum atomic E-state index is 11.5. The number of amides is 2. The fourth-order valence-corrected chi connectivity index (χ4v) is 1.84. The molecule has 18 heavy (non-hydrogen) atoms. The number of rotatable bonds is 3. The first-order valence-corrected chi connectivity index (χ1v) is 5.82.